The summed E-state index contributed by atoms with van der Waals surface area (Å²) in [6.07, 6.45) is 0.205. The Kier molecular flexibility index (Phi) is 5.26. The zero-order chi connectivity index (χ0) is 18.7. The lowest BCUT2D eigenvalue weighted by Gasteiger charge is -2.20. The molecule has 0 bridgehead atoms. The zero-order valence-electron chi connectivity index (χ0n) is 15.4. The van der Waals surface area contributed by atoms with Gasteiger partial charge in [0.15, 0.2) is 0 Å². The van der Waals surface area contributed by atoms with Gasteiger partial charge in [-0.2, -0.15) is 0 Å². The van der Waals surface area contributed by atoms with Crippen molar-refractivity contribution in [1.82, 2.24) is 0 Å². The third kappa shape index (κ3) is 3.87. The van der Waals surface area contributed by atoms with Crippen molar-refractivity contribution in [3.8, 4) is 5.75 Å². The predicted molar refractivity (Wildman–Crippen MR) is 103 cm³/mol. The number of carbonyl (C=O) groups is 2. The van der Waals surface area contributed by atoms with E-state index in [-0.39, 0.29) is 24.2 Å². The number of benzene rings is 2. The van der Waals surface area contributed by atoms with Crippen molar-refractivity contribution in [2.24, 2.45) is 5.92 Å². The van der Waals surface area contributed by atoms with E-state index in [1.54, 1.807) is 4.90 Å². The smallest absolute Gasteiger partial charge is 0.229 e. The Morgan fingerprint density at radius 2 is 1.88 bits per heavy atom. The number of para-hydroxylation sites is 2. The summed E-state index contributed by atoms with van der Waals surface area (Å²) in [6.45, 7) is 6.78. The zero-order valence-corrected chi connectivity index (χ0v) is 15.4. The molecule has 0 spiro atoms. The molecular formula is C21H24N2O3. The maximum Gasteiger partial charge on any atom is 0.229 e. The lowest BCUT2D eigenvalue weighted by atomic mass is 10.1. The van der Waals surface area contributed by atoms with Crippen molar-refractivity contribution in [3.05, 3.63) is 53.6 Å². The molecular weight excluding hydrogens is 328 g/mol. The van der Waals surface area contributed by atoms with Crippen LogP contribution in [0.3, 0.4) is 0 Å². The molecule has 2 aromatic carbocycles. The van der Waals surface area contributed by atoms with Crippen LogP contribution in [0.25, 0.3) is 0 Å². The SMILES string of the molecule is CCOc1ccccc1N1C[C@H](C(=O)Nc2cc(C)cc(C)c2)CC1=O. The quantitative estimate of drug-likeness (QED) is 0.893. The molecule has 1 heterocycles. The Morgan fingerprint density at radius 1 is 1.19 bits per heavy atom. The van der Waals surface area contributed by atoms with Gasteiger partial charge in [-0.3, -0.25) is 9.59 Å². The summed E-state index contributed by atoms with van der Waals surface area (Å²) < 4.78 is 5.62. The highest BCUT2D eigenvalue weighted by Crippen LogP contribution is 2.33. The third-order valence-electron chi connectivity index (χ3n) is 4.44. The topological polar surface area (TPSA) is 58.6 Å². The molecule has 5 nitrogen and oxygen atoms in total. The number of carbonyl (C=O) groups excluding carboxylic acids is 2. The van der Waals surface area contributed by atoms with E-state index in [1.807, 2.05) is 57.2 Å². The van der Waals surface area contributed by atoms with Crippen LogP contribution >= 0.6 is 0 Å². The summed E-state index contributed by atoms with van der Waals surface area (Å²) in [7, 11) is 0. The summed E-state index contributed by atoms with van der Waals surface area (Å²) in [6, 6.07) is 13.4. The maximum absolute atomic E-state index is 12.6. The summed E-state index contributed by atoms with van der Waals surface area (Å²) in [5.74, 6) is 0.106. The molecule has 0 saturated carbocycles. The summed E-state index contributed by atoms with van der Waals surface area (Å²) in [4.78, 5) is 26.8. The minimum Gasteiger partial charge on any atom is -0.492 e. The molecule has 0 aliphatic carbocycles. The standard InChI is InChI=1S/C21H24N2O3/c1-4-26-19-8-6-5-7-18(19)23-13-16(12-20(23)24)21(25)22-17-10-14(2)9-15(3)11-17/h5-11,16H,4,12-13H2,1-3H3,(H,22,25)/t16-/m1/s1. The summed E-state index contributed by atoms with van der Waals surface area (Å²) in [5, 5.41) is 2.95. The van der Waals surface area contributed by atoms with Gasteiger partial charge in [-0.1, -0.05) is 18.2 Å². The van der Waals surface area contributed by atoms with Crippen molar-refractivity contribution in [2.75, 3.05) is 23.4 Å². The predicted octanol–water partition coefficient (Wildman–Crippen LogP) is 3.69. The minimum absolute atomic E-state index is 0.0577. The first-order valence-electron chi connectivity index (χ1n) is 8.89. The third-order valence-corrected chi connectivity index (χ3v) is 4.44. The minimum atomic E-state index is -0.377. The van der Waals surface area contributed by atoms with Crippen LogP contribution in [0.15, 0.2) is 42.5 Å². The van der Waals surface area contributed by atoms with Gasteiger partial charge in [-0.05, 0) is 56.2 Å². The number of ether oxygens (including phenoxy) is 1. The van der Waals surface area contributed by atoms with Crippen LogP contribution in [0.2, 0.25) is 0 Å². The lowest BCUT2D eigenvalue weighted by molar-refractivity contribution is -0.122. The highest BCUT2D eigenvalue weighted by molar-refractivity contribution is 6.04. The molecule has 26 heavy (non-hydrogen) atoms. The number of nitrogens with zero attached hydrogens (tertiary/aromatic N) is 1. The average Bonchev–Trinajstić information content (AvgIpc) is 2.96. The molecule has 1 fully saturated rings. The molecule has 0 radical (unpaired) electrons. The van der Waals surface area contributed by atoms with E-state index in [4.69, 9.17) is 4.74 Å². The number of aryl methyl sites for hydroxylation is 2. The van der Waals surface area contributed by atoms with Gasteiger partial charge in [0.2, 0.25) is 11.8 Å². The molecule has 1 aliphatic rings. The molecule has 2 amide bonds. The Bertz CT molecular complexity index is 812. The molecule has 136 valence electrons. The number of hydrogen-bond donors (Lipinski definition) is 1. The van der Waals surface area contributed by atoms with Crippen LogP contribution in [0.5, 0.6) is 5.75 Å². The number of anilines is 2. The van der Waals surface area contributed by atoms with Gasteiger partial charge in [0.05, 0.1) is 18.2 Å². The van der Waals surface area contributed by atoms with Crippen molar-refractivity contribution in [3.63, 3.8) is 0 Å². The van der Waals surface area contributed by atoms with E-state index < -0.39 is 0 Å². The number of nitrogens with one attached hydrogen (secondary N) is 1. The molecule has 0 unspecified atom stereocenters. The van der Waals surface area contributed by atoms with Gasteiger partial charge in [-0.25, -0.2) is 0 Å². The first kappa shape index (κ1) is 18.0. The van der Waals surface area contributed by atoms with Gasteiger partial charge < -0.3 is 15.0 Å². The number of rotatable bonds is 5. The van der Waals surface area contributed by atoms with Crippen LogP contribution in [0.1, 0.15) is 24.5 Å². The number of hydrogen-bond acceptors (Lipinski definition) is 3. The molecule has 1 aliphatic heterocycles. The van der Waals surface area contributed by atoms with Crippen LogP contribution in [0, 0.1) is 19.8 Å². The van der Waals surface area contributed by atoms with Crippen molar-refractivity contribution in [2.45, 2.75) is 27.2 Å². The maximum atomic E-state index is 12.6. The molecule has 1 atom stereocenters. The van der Waals surface area contributed by atoms with Gasteiger partial charge >= 0.3 is 0 Å². The Morgan fingerprint density at radius 3 is 2.58 bits per heavy atom. The van der Waals surface area contributed by atoms with E-state index >= 15 is 0 Å². The van der Waals surface area contributed by atoms with Crippen LogP contribution in [0.4, 0.5) is 11.4 Å². The van der Waals surface area contributed by atoms with E-state index in [9.17, 15) is 9.59 Å². The Balaban J connectivity index is 1.74. The normalized spacial score (nSPS) is 16.7. The fourth-order valence-corrected chi connectivity index (χ4v) is 3.36. The molecule has 1 N–H and O–H groups in total. The second-order valence-electron chi connectivity index (χ2n) is 6.67. The van der Waals surface area contributed by atoms with Gasteiger partial charge in [-0.15, -0.1) is 0 Å². The van der Waals surface area contributed by atoms with E-state index in [0.717, 1.165) is 22.5 Å². The molecule has 3 rings (SSSR count). The lowest BCUT2D eigenvalue weighted by Crippen LogP contribution is -2.28. The van der Waals surface area contributed by atoms with Gasteiger partial charge in [0.25, 0.3) is 0 Å². The second-order valence-corrected chi connectivity index (χ2v) is 6.67. The van der Waals surface area contributed by atoms with E-state index in [2.05, 4.69) is 11.4 Å². The highest BCUT2D eigenvalue weighted by Gasteiger charge is 2.36. The molecule has 0 aromatic heterocycles. The van der Waals surface area contributed by atoms with Crippen molar-refractivity contribution in [1.29, 1.82) is 0 Å². The van der Waals surface area contributed by atoms with E-state index in [0.29, 0.717) is 18.9 Å². The van der Waals surface area contributed by atoms with Gasteiger partial charge in [0.1, 0.15) is 5.75 Å². The fourth-order valence-electron chi connectivity index (χ4n) is 3.36. The fraction of sp³-hybridized carbons (Fsp3) is 0.333. The summed E-state index contributed by atoms with van der Waals surface area (Å²) in [5.41, 5.74) is 3.68. The van der Waals surface area contributed by atoms with Crippen LogP contribution < -0.4 is 15.0 Å². The first-order chi connectivity index (χ1) is 12.5. The number of amides is 2. The summed E-state index contributed by atoms with van der Waals surface area (Å²) >= 11 is 0. The largest absolute Gasteiger partial charge is 0.492 e. The molecule has 5 heteroatoms. The second kappa shape index (κ2) is 7.60. The molecule has 1 saturated heterocycles. The van der Waals surface area contributed by atoms with Crippen molar-refractivity contribution >= 4 is 23.2 Å². The Hall–Kier alpha value is -2.82. The molecule has 2 aromatic rings. The van der Waals surface area contributed by atoms with Crippen molar-refractivity contribution < 1.29 is 14.3 Å². The van der Waals surface area contributed by atoms with Crippen LogP contribution in [-0.2, 0) is 9.59 Å². The first-order valence-corrected chi connectivity index (χ1v) is 8.89. The average molecular weight is 352 g/mol. The van der Waals surface area contributed by atoms with Crippen LogP contribution in [-0.4, -0.2) is 25.0 Å². The van der Waals surface area contributed by atoms with Gasteiger partial charge in [0, 0.05) is 18.7 Å². The Labute approximate surface area is 154 Å². The van der Waals surface area contributed by atoms with E-state index in [1.165, 1.54) is 0 Å². The highest BCUT2D eigenvalue weighted by atomic mass is 16.5. The monoisotopic (exact) mass is 352 g/mol.